The fraction of sp³-hybridized carbons (Fsp3) is 0.417. The maximum absolute atomic E-state index is 13.4. The van der Waals surface area contributed by atoms with E-state index in [4.69, 9.17) is 0 Å². The van der Waals surface area contributed by atoms with Gasteiger partial charge in [-0.2, -0.15) is 0 Å². The zero-order chi connectivity index (χ0) is 25.3. The molecule has 0 radical (unpaired) electrons. The second-order valence-corrected chi connectivity index (χ2v) is 9.87. The number of sulfonamides is 1. The van der Waals surface area contributed by atoms with E-state index in [1.54, 1.807) is 6.92 Å². The summed E-state index contributed by atoms with van der Waals surface area (Å²) in [5.74, 6) is -1.95. The summed E-state index contributed by atoms with van der Waals surface area (Å²) in [7, 11) is -3.89. The first kappa shape index (κ1) is 27.2. The topological polar surface area (TPSA) is 86.8 Å². The lowest BCUT2D eigenvalue weighted by Gasteiger charge is -2.32. The Bertz CT molecular complexity index is 1060. The molecule has 0 aliphatic heterocycles. The van der Waals surface area contributed by atoms with Crippen molar-refractivity contribution >= 4 is 27.5 Å². The minimum absolute atomic E-state index is 0.0141. The van der Waals surface area contributed by atoms with Gasteiger partial charge in [-0.15, -0.1) is 0 Å². The van der Waals surface area contributed by atoms with E-state index in [2.05, 4.69) is 5.32 Å². The first-order valence-corrected chi connectivity index (χ1v) is 13.0. The van der Waals surface area contributed by atoms with Crippen LogP contribution in [0, 0.1) is 11.6 Å². The number of carbonyl (C=O) groups is 2. The summed E-state index contributed by atoms with van der Waals surface area (Å²) in [5.41, 5.74) is 0.710. The third-order valence-corrected chi connectivity index (χ3v) is 6.42. The highest BCUT2D eigenvalue weighted by Crippen LogP contribution is 2.20. The molecule has 7 nitrogen and oxygen atoms in total. The van der Waals surface area contributed by atoms with Crippen molar-refractivity contribution in [2.75, 3.05) is 23.7 Å². The fourth-order valence-electron chi connectivity index (χ4n) is 3.43. The van der Waals surface area contributed by atoms with Crippen molar-refractivity contribution < 1.29 is 26.8 Å². The summed E-state index contributed by atoms with van der Waals surface area (Å²) in [6.07, 6.45) is 2.90. The lowest BCUT2D eigenvalue weighted by molar-refractivity contribution is -0.140. The van der Waals surface area contributed by atoms with E-state index in [0.717, 1.165) is 35.5 Å². The van der Waals surface area contributed by atoms with Crippen LogP contribution >= 0.6 is 0 Å². The van der Waals surface area contributed by atoms with Crippen molar-refractivity contribution in [2.24, 2.45) is 0 Å². The van der Waals surface area contributed by atoms with E-state index in [-0.39, 0.29) is 18.1 Å². The Morgan fingerprint density at radius 1 is 0.971 bits per heavy atom. The van der Waals surface area contributed by atoms with Gasteiger partial charge in [0.2, 0.25) is 21.8 Å². The average Bonchev–Trinajstić information content (AvgIpc) is 2.78. The van der Waals surface area contributed by atoms with Crippen LogP contribution in [0.2, 0.25) is 0 Å². The Kier molecular flexibility index (Phi) is 9.97. The molecule has 186 valence electrons. The van der Waals surface area contributed by atoms with Gasteiger partial charge in [0.15, 0.2) is 0 Å². The van der Waals surface area contributed by atoms with Crippen LogP contribution in [-0.2, 0) is 26.2 Å². The molecule has 0 fully saturated rings. The number of anilines is 1. The van der Waals surface area contributed by atoms with Gasteiger partial charge in [-0.3, -0.25) is 13.9 Å². The van der Waals surface area contributed by atoms with E-state index in [1.807, 2.05) is 6.92 Å². The predicted octanol–water partition coefficient (Wildman–Crippen LogP) is 3.45. The molecule has 2 aromatic carbocycles. The Morgan fingerprint density at radius 2 is 1.53 bits per heavy atom. The van der Waals surface area contributed by atoms with Crippen LogP contribution in [0.5, 0.6) is 0 Å². The molecule has 1 atom stereocenters. The lowest BCUT2D eigenvalue weighted by atomic mass is 10.1. The number of unbranched alkanes of at least 4 members (excludes halogenated alkanes) is 1. The third kappa shape index (κ3) is 7.79. The molecule has 0 aliphatic carbocycles. The highest BCUT2D eigenvalue weighted by atomic mass is 32.2. The van der Waals surface area contributed by atoms with Gasteiger partial charge in [-0.25, -0.2) is 17.2 Å². The second-order valence-electron chi connectivity index (χ2n) is 7.96. The molecular formula is C24H31F2N3O4S. The smallest absolute Gasteiger partial charge is 0.244 e. The number of nitrogens with one attached hydrogen (secondary N) is 1. The first-order valence-electron chi connectivity index (χ1n) is 11.1. The number of nitrogens with zero attached hydrogens (tertiary/aromatic N) is 2. The van der Waals surface area contributed by atoms with Gasteiger partial charge in [0, 0.05) is 13.1 Å². The van der Waals surface area contributed by atoms with Crippen LogP contribution in [0.25, 0.3) is 0 Å². The number of hydrogen-bond acceptors (Lipinski definition) is 4. The summed E-state index contributed by atoms with van der Waals surface area (Å²) >= 11 is 0. The molecular weight excluding hydrogens is 464 g/mol. The van der Waals surface area contributed by atoms with E-state index in [1.165, 1.54) is 41.3 Å². The molecule has 2 rings (SSSR count). The average molecular weight is 496 g/mol. The van der Waals surface area contributed by atoms with E-state index in [0.29, 0.717) is 18.5 Å². The van der Waals surface area contributed by atoms with Crippen molar-refractivity contribution in [3.8, 4) is 0 Å². The molecule has 2 amide bonds. The van der Waals surface area contributed by atoms with Crippen molar-refractivity contribution in [1.29, 1.82) is 0 Å². The van der Waals surface area contributed by atoms with Crippen LogP contribution < -0.4 is 9.62 Å². The predicted molar refractivity (Wildman–Crippen MR) is 128 cm³/mol. The van der Waals surface area contributed by atoms with E-state index < -0.39 is 40.2 Å². The van der Waals surface area contributed by atoms with Gasteiger partial charge in [0.05, 0.1) is 11.9 Å². The zero-order valence-corrected chi connectivity index (χ0v) is 20.4. The molecule has 0 aromatic heterocycles. The number of rotatable bonds is 12. The van der Waals surface area contributed by atoms with Crippen LogP contribution in [0.1, 0.15) is 38.7 Å². The van der Waals surface area contributed by atoms with Gasteiger partial charge < -0.3 is 10.2 Å². The maximum atomic E-state index is 13.4. The molecule has 0 saturated carbocycles. The van der Waals surface area contributed by atoms with Crippen molar-refractivity contribution in [1.82, 2.24) is 10.2 Å². The highest BCUT2D eigenvalue weighted by molar-refractivity contribution is 7.92. The summed E-state index contributed by atoms with van der Waals surface area (Å²) < 4.78 is 52.5. The summed E-state index contributed by atoms with van der Waals surface area (Å²) in [6, 6.07) is 9.39. The second kappa shape index (κ2) is 12.5. The van der Waals surface area contributed by atoms with Gasteiger partial charge in [0.1, 0.15) is 24.2 Å². The Balaban J connectivity index is 2.37. The van der Waals surface area contributed by atoms with Crippen LogP contribution in [0.4, 0.5) is 14.5 Å². The molecule has 10 heteroatoms. The number of benzene rings is 2. The van der Waals surface area contributed by atoms with Gasteiger partial charge >= 0.3 is 0 Å². The molecule has 0 spiro atoms. The number of halogens is 2. The van der Waals surface area contributed by atoms with Crippen LogP contribution in [-0.4, -0.2) is 50.5 Å². The normalized spacial score (nSPS) is 12.1. The van der Waals surface area contributed by atoms with Crippen molar-refractivity contribution in [2.45, 2.75) is 45.7 Å². The molecule has 1 N–H and O–H groups in total. The van der Waals surface area contributed by atoms with E-state index in [9.17, 15) is 26.8 Å². The van der Waals surface area contributed by atoms with Crippen LogP contribution in [0.3, 0.4) is 0 Å². The van der Waals surface area contributed by atoms with Crippen molar-refractivity contribution in [3.63, 3.8) is 0 Å². The maximum Gasteiger partial charge on any atom is 0.244 e. The van der Waals surface area contributed by atoms with E-state index >= 15 is 0 Å². The Labute approximate surface area is 199 Å². The molecule has 0 heterocycles. The number of carbonyl (C=O) groups excluding carboxylic acids is 2. The largest absolute Gasteiger partial charge is 0.354 e. The monoisotopic (exact) mass is 495 g/mol. The molecule has 0 aliphatic rings. The Hall–Kier alpha value is -3.01. The van der Waals surface area contributed by atoms with Crippen LogP contribution in [0.15, 0.2) is 48.5 Å². The van der Waals surface area contributed by atoms with Gasteiger partial charge in [-0.05, 0) is 54.8 Å². The fourth-order valence-corrected chi connectivity index (χ4v) is 4.28. The molecule has 0 saturated heterocycles. The quantitative estimate of drug-likeness (QED) is 0.457. The Morgan fingerprint density at radius 3 is 2.03 bits per heavy atom. The van der Waals surface area contributed by atoms with Crippen molar-refractivity contribution in [3.05, 3.63) is 65.7 Å². The standard InChI is InChI=1S/C24H31F2N3O4S/c1-4-6-15-27-24(31)22(5-2)28(16-18-7-9-19(25)10-8-18)23(30)17-29(34(3,32)33)21-13-11-20(26)12-14-21/h7-14,22H,4-6,15-17H2,1-3H3,(H,27,31)/t22-/m0/s1. The first-order chi connectivity index (χ1) is 16.1. The minimum atomic E-state index is -3.89. The summed E-state index contributed by atoms with van der Waals surface area (Å²) in [4.78, 5) is 27.6. The zero-order valence-electron chi connectivity index (χ0n) is 19.6. The summed E-state index contributed by atoms with van der Waals surface area (Å²) in [5, 5.41) is 2.82. The van der Waals surface area contributed by atoms with Gasteiger partial charge in [-0.1, -0.05) is 32.4 Å². The lowest BCUT2D eigenvalue weighted by Crippen LogP contribution is -2.52. The molecule has 2 aromatic rings. The minimum Gasteiger partial charge on any atom is -0.354 e. The highest BCUT2D eigenvalue weighted by Gasteiger charge is 2.31. The molecule has 0 unspecified atom stereocenters. The molecule has 0 bridgehead atoms. The number of hydrogen-bond donors (Lipinski definition) is 1. The molecule has 34 heavy (non-hydrogen) atoms. The number of amides is 2. The summed E-state index contributed by atoms with van der Waals surface area (Å²) in [6.45, 7) is 3.60. The van der Waals surface area contributed by atoms with Gasteiger partial charge in [0.25, 0.3) is 0 Å². The third-order valence-electron chi connectivity index (χ3n) is 5.28. The SMILES string of the molecule is CCCCNC(=O)[C@H](CC)N(Cc1ccc(F)cc1)C(=O)CN(c1ccc(F)cc1)S(C)(=O)=O.